The van der Waals surface area contributed by atoms with E-state index in [9.17, 15) is 17.6 Å². The molecule has 4 rings (SSSR count). The molecule has 0 aliphatic rings. The van der Waals surface area contributed by atoms with Gasteiger partial charge in [0.15, 0.2) is 15.0 Å². The number of halogens is 2. The number of rotatable bonds is 8. The average molecular weight is 493 g/mol. The molecule has 6 nitrogen and oxygen atoms in total. The Bertz CT molecular complexity index is 1340. The van der Waals surface area contributed by atoms with Crippen molar-refractivity contribution in [2.75, 3.05) is 10.7 Å². The Morgan fingerprint density at radius 1 is 1.16 bits per heavy atom. The van der Waals surface area contributed by atoms with Crippen molar-refractivity contribution < 1.29 is 22.0 Å². The molecule has 0 bridgehead atoms. The SMILES string of the molecule is O=C(CCCS(=O)(=O)c1ccc(Cl)cc1)N(Cc1ccco1)c1nc2ccc(F)cc2s1. The lowest BCUT2D eigenvalue weighted by Gasteiger charge is -2.18. The lowest BCUT2D eigenvalue weighted by molar-refractivity contribution is -0.118. The van der Waals surface area contributed by atoms with Crippen molar-refractivity contribution in [2.24, 2.45) is 0 Å². The Morgan fingerprint density at radius 2 is 1.94 bits per heavy atom. The van der Waals surface area contributed by atoms with Gasteiger partial charge >= 0.3 is 0 Å². The van der Waals surface area contributed by atoms with Gasteiger partial charge in [0.25, 0.3) is 0 Å². The molecule has 1 amide bonds. The minimum atomic E-state index is -3.54. The average Bonchev–Trinajstić information content (AvgIpc) is 3.41. The third-order valence-electron chi connectivity index (χ3n) is 4.74. The van der Waals surface area contributed by atoms with E-state index in [4.69, 9.17) is 16.0 Å². The smallest absolute Gasteiger partial charge is 0.229 e. The van der Waals surface area contributed by atoms with Gasteiger partial charge < -0.3 is 4.42 Å². The Labute approximate surface area is 193 Å². The second kappa shape index (κ2) is 9.40. The van der Waals surface area contributed by atoms with E-state index in [1.807, 2.05) is 0 Å². The molecule has 0 N–H and O–H groups in total. The second-order valence-corrected chi connectivity index (χ2v) is 10.6. The van der Waals surface area contributed by atoms with Crippen molar-refractivity contribution in [3.8, 4) is 0 Å². The highest BCUT2D eigenvalue weighted by Gasteiger charge is 2.23. The molecule has 0 saturated carbocycles. The molecule has 0 atom stereocenters. The number of sulfone groups is 1. The van der Waals surface area contributed by atoms with Crippen molar-refractivity contribution in [1.82, 2.24) is 4.98 Å². The van der Waals surface area contributed by atoms with E-state index in [-0.39, 0.29) is 41.8 Å². The molecule has 0 aliphatic heterocycles. The van der Waals surface area contributed by atoms with E-state index in [2.05, 4.69) is 4.98 Å². The van der Waals surface area contributed by atoms with Gasteiger partial charge in [-0.05, 0) is 61.0 Å². The summed E-state index contributed by atoms with van der Waals surface area (Å²) in [4.78, 5) is 19.1. The monoisotopic (exact) mass is 492 g/mol. The number of hydrogen-bond donors (Lipinski definition) is 0. The summed E-state index contributed by atoms with van der Waals surface area (Å²) in [6, 6.07) is 13.6. The number of fused-ring (bicyclic) bond motifs is 1. The molecule has 2 aromatic carbocycles. The molecule has 0 aliphatic carbocycles. The van der Waals surface area contributed by atoms with Gasteiger partial charge in [0.05, 0.1) is 33.7 Å². The van der Waals surface area contributed by atoms with Gasteiger partial charge in [0, 0.05) is 11.4 Å². The quantitative estimate of drug-likeness (QED) is 0.326. The van der Waals surface area contributed by atoms with Gasteiger partial charge in [-0.1, -0.05) is 22.9 Å². The molecule has 2 heterocycles. The van der Waals surface area contributed by atoms with E-state index < -0.39 is 9.84 Å². The standard InChI is InChI=1S/C22H18ClFN2O4S2/c23-15-5-8-18(9-6-15)32(28,29)12-2-4-21(27)26(14-17-3-1-11-30-17)22-25-19-10-7-16(24)13-20(19)31-22/h1,3,5-11,13H,2,4,12,14H2. The third kappa shape index (κ3) is 5.17. The van der Waals surface area contributed by atoms with Crippen LogP contribution in [-0.4, -0.2) is 25.1 Å². The third-order valence-corrected chi connectivity index (χ3v) is 7.85. The molecule has 2 aromatic heterocycles. The summed E-state index contributed by atoms with van der Waals surface area (Å²) in [7, 11) is -3.54. The van der Waals surface area contributed by atoms with E-state index in [1.54, 1.807) is 18.2 Å². The topological polar surface area (TPSA) is 80.5 Å². The first-order chi connectivity index (χ1) is 15.3. The number of carbonyl (C=O) groups excluding carboxylic acids is 1. The Kier molecular flexibility index (Phi) is 6.59. The minimum Gasteiger partial charge on any atom is -0.467 e. The van der Waals surface area contributed by atoms with E-state index in [0.717, 1.165) is 0 Å². The maximum atomic E-state index is 13.6. The second-order valence-electron chi connectivity index (χ2n) is 7.04. The number of amides is 1. The van der Waals surface area contributed by atoms with Gasteiger partial charge in [0.1, 0.15) is 11.6 Å². The zero-order chi connectivity index (χ0) is 22.7. The van der Waals surface area contributed by atoms with Crippen LogP contribution in [0.15, 0.2) is 70.2 Å². The minimum absolute atomic E-state index is 0.00217. The Hall–Kier alpha value is -2.75. The van der Waals surface area contributed by atoms with Crippen LogP contribution in [0.5, 0.6) is 0 Å². The lowest BCUT2D eigenvalue weighted by Crippen LogP contribution is -2.30. The fourth-order valence-corrected chi connectivity index (χ4v) is 5.57. The molecule has 0 unspecified atom stereocenters. The molecule has 166 valence electrons. The fourth-order valence-electron chi connectivity index (χ4n) is 3.13. The number of aromatic nitrogens is 1. The number of furan rings is 1. The van der Waals surface area contributed by atoms with Crippen LogP contribution >= 0.6 is 22.9 Å². The highest BCUT2D eigenvalue weighted by molar-refractivity contribution is 7.91. The maximum absolute atomic E-state index is 13.6. The van der Waals surface area contributed by atoms with Crippen molar-refractivity contribution in [2.45, 2.75) is 24.3 Å². The summed E-state index contributed by atoms with van der Waals surface area (Å²) in [5.41, 5.74) is 0.578. The molecule has 0 fully saturated rings. The van der Waals surface area contributed by atoms with Crippen LogP contribution in [0.3, 0.4) is 0 Å². The van der Waals surface area contributed by atoms with Crippen molar-refractivity contribution >= 4 is 54.0 Å². The van der Waals surface area contributed by atoms with Crippen LogP contribution in [0.25, 0.3) is 10.2 Å². The van der Waals surface area contributed by atoms with E-state index in [1.165, 1.54) is 58.9 Å². The van der Waals surface area contributed by atoms with Gasteiger partial charge in [-0.15, -0.1) is 0 Å². The summed E-state index contributed by atoms with van der Waals surface area (Å²) < 4.78 is 44.6. The molecule has 0 radical (unpaired) electrons. The number of hydrogen-bond acceptors (Lipinski definition) is 6. The summed E-state index contributed by atoms with van der Waals surface area (Å²) in [5.74, 6) is -0.311. The Balaban J connectivity index is 1.50. The molecular weight excluding hydrogens is 475 g/mol. The fraction of sp³-hybridized carbons (Fsp3) is 0.182. The largest absolute Gasteiger partial charge is 0.467 e. The predicted molar refractivity (Wildman–Crippen MR) is 122 cm³/mol. The summed E-state index contributed by atoms with van der Waals surface area (Å²) >= 11 is 7.01. The lowest BCUT2D eigenvalue weighted by atomic mass is 10.3. The van der Waals surface area contributed by atoms with Gasteiger partial charge in [-0.2, -0.15) is 0 Å². The van der Waals surface area contributed by atoms with Gasteiger partial charge in [0.2, 0.25) is 5.91 Å². The first kappa shape index (κ1) is 22.4. The summed E-state index contributed by atoms with van der Waals surface area (Å²) in [5, 5.41) is 0.843. The normalized spacial score (nSPS) is 11.7. The van der Waals surface area contributed by atoms with Gasteiger partial charge in [-0.25, -0.2) is 17.8 Å². The predicted octanol–water partition coefficient (Wildman–Crippen LogP) is 5.47. The molecule has 10 heteroatoms. The number of anilines is 1. The van der Waals surface area contributed by atoms with Crippen LogP contribution in [0.1, 0.15) is 18.6 Å². The maximum Gasteiger partial charge on any atom is 0.229 e. The van der Waals surface area contributed by atoms with Crippen molar-refractivity contribution in [3.05, 3.63) is 77.5 Å². The highest BCUT2D eigenvalue weighted by Crippen LogP contribution is 2.31. The van der Waals surface area contributed by atoms with E-state index >= 15 is 0 Å². The van der Waals surface area contributed by atoms with Gasteiger partial charge in [-0.3, -0.25) is 9.69 Å². The highest BCUT2D eigenvalue weighted by atomic mass is 35.5. The molecule has 32 heavy (non-hydrogen) atoms. The number of thiazole rings is 1. The summed E-state index contributed by atoms with van der Waals surface area (Å²) in [6.45, 7) is 0.137. The first-order valence-corrected chi connectivity index (χ1v) is 12.5. The molecule has 0 spiro atoms. The van der Waals surface area contributed by atoms with Crippen molar-refractivity contribution in [3.63, 3.8) is 0 Å². The number of benzene rings is 2. The first-order valence-electron chi connectivity index (χ1n) is 9.69. The summed E-state index contributed by atoms with van der Waals surface area (Å²) in [6.07, 6.45) is 1.64. The molecular formula is C22H18ClFN2O4S2. The number of carbonyl (C=O) groups is 1. The zero-order valence-electron chi connectivity index (χ0n) is 16.7. The van der Waals surface area contributed by atoms with Crippen molar-refractivity contribution in [1.29, 1.82) is 0 Å². The van der Waals surface area contributed by atoms with Crippen LogP contribution in [0.2, 0.25) is 5.02 Å². The number of nitrogens with zero attached hydrogens (tertiary/aromatic N) is 2. The van der Waals surface area contributed by atoms with Crippen LogP contribution in [-0.2, 0) is 21.2 Å². The Morgan fingerprint density at radius 3 is 2.66 bits per heavy atom. The van der Waals surface area contributed by atoms with Crippen LogP contribution < -0.4 is 4.90 Å². The zero-order valence-corrected chi connectivity index (χ0v) is 19.1. The van der Waals surface area contributed by atoms with Crippen LogP contribution in [0.4, 0.5) is 9.52 Å². The molecule has 4 aromatic rings. The van der Waals surface area contributed by atoms with E-state index in [0.29, 0.717) is 26.1 Å². The molecule has 0 saturated heterocycles. The van der Waals surface area contributed by atoms with Crippen LogP contribution in [0, 0.1) is 5.82 Å².